The number of hydrogen-bond acceptors (Lipinski definition) is 4. The third-order valence-corrected chi connectivity index (χ3v) is 7.65. The SMILES string of the molecule is Cc1ccc([C@H]2c3cc(OCC(=O)NC[C@@H]4CCCO4)ccc3CCN2C(=O)C2CCCC2)cc1. The topological polar surface area (TPSA) is 67.9 Å². The molecule has 186 valence electrons. The zero-order chi connectivity index (χ0) is 24.2. The van der Waals surface area contributed by atoms with Crippen molar-refractivity contribution in [3.8, 4) is 5.75 Å². The van der Waals surface area contributed by atoms with Gasteiger partial charge in [-0.1, -0.05) is 48.7 Å². The molecule has 2 atom stereocenters. The number of benzene rings is 2. The maximum atomic E-state index is 13.6. The number of nitrogens with one attached hydrogen (secondary N) is 1. The number of fused-ring (bicyclic) bond motifs is 1. The molecule has 5 rings (SSSR count). The van der Waals surface area contributed by atoms with Crippen LogP contribution in [-0.4, -0.2) is 49.1 Å². The molecule has 0 bridgehead atoms. The molecule has 1 aliphatic carbocycles. The van der Waals surface area contributed by atoms with Crippen LogP contribution in [0.1, 0.15) is 66.8 Å². The fraction of sp³-hybridized carbons (Fsp3) is 0.517. The van der Waals surface area contributed by atoms with Crippen molar-refractivity contribution in [2.45, 2.75) is 64.0 Å². The van der Waals surface area contributed by atoms with Gasteiger partial charge in [-0.3, -0.25) is 9.59 Å². The monoisotopic (exact) mass is 476 g/mol. The molecule has 2 fully saturated rings. The van der Waals surface area contributed by atoms with Gasteiger partial charge >= 0.3 is 0 Å². The van der Waals surface area contributed by atoms with E-state index >= 15 is 0 Å². The Bertz CT molecular complexity index is 1040. The van der Waals surface area contributed by atoms with Gasteiger partial charge in [-0.05, 0) is 67.9 Å². The molecule has 1 saturated carbocycles. The van der Waals surface area contributed by atoms with Crippen LogP contribution in [0.15, 0.2) is 42.5 Å². The molecule has 2 aromatic rings. The maximum Gasteiger partial charge on any atom is 0.258 e. The summed E-state index contributed by atoms with van der Waals surface area (Å²) in [4.78, 5) is 28.0. The van der Waals surface area contributed by atoms with E-state index in [1.54, 1.807) is 0 Å². The molecule has 1 N–H and O–H groups in total. The lowest BCUT2D eigenvalue weighted by Crippen LogP contribution is -2.43. The van der Waals surface area contributed by atoms with Crippen molar-refractivity contribution in [3.63, 3.8) is 0 Å². The number of carbonyl (C=O) groups excluding carboxylic acids is 2. The number of amides is 2. The average Bonchev–Trinajstić information content (AvgIpc) is 3.60. The molecule has 2 aliphatic heterocycles. The molecule has 0 unspecified atom stereocenters. The second-order valence-electron chi connectivity index (χ2n) is 10.2. The van der Waals surface area contributed by atoms with Crippen LogP contribution in [-0.2, 0) is 20.7 Å². The standard InChI is InChI=1S/C29H36N2O4/c1-20-8-10-22(11-9-20)28-26-17-24(35-19-27(32)30-18-25-7-4-16-34-25)13-12-21(26)14-15-31(28)29(33)23-5-2-3-6-23/h8-13,17,23,25,28H,2-7,14-16,18-19H2,1H3,(H,30,32)/t25-,28-/m0/s1. The van der Waals surface area contributed by atoms with Gasteiger partial charge in [0.25, 0.3) is 5.91 Å². The largest absolute Gasteiger partial charge is 0.484 e. The van der Waals surface area contributed by atoms with Crippen LogP contribution in [0.5, 0.6) is 5.75 Å². The van der Waals surface area contributed by atoms with Crippen LogP contribution in [0.3, 0.4) is 0 Å². The summed E-state index contributed by atoms with van der Waals surface area (Å²) < 4.78 is 11.5. The van der Waals surface area contributed by atoms with Crippen molar-refractivity contribution in [3.05, 3.63) is 64.7 Å². The zero-order valence-electron chi connectivity index (χ0n) is 20.6. The Morgan fingerprint density at radius 2 is 1.86 bits per heavy atom. The molecule has 2 heterocycles. The Balaban J connectivity index is 1.34. The van der Waals surface area contributed by atoms with Crippen LogP contribution >= 0.6 is 0 Å². The van der Waals surface area contributed by atoms with Gasteiger partial charge in [0, 0.05) is 25.6 Å². The number of hydrogen-bond donors (Lipinski definition) is 1. The molecule has 3 aliphatic rings. The fourth-order valence-corrected chi connectivity index (χ4v) is 5.67. The lowest BCUT2D eigenvalue weighted by molar-refractivity contribution is -0.137. The Morgan fingerprint density at radius 1 is 1.06 bits per heavy atom. The summed E-state index contributed by atoms with van der Waals surface area (Å²) >= 11 is 0. The summed E-state index contributed by atoms with van der Waals surface area (Å²) in [6.07, 6.45) is 7.25. The smallest absolute Gasteiger partial charge is 0.258 e. The van der Waals surface area contributed by atoms with Crippen LogP contribution in [0, 0.1) is 12.8 Å². The summed E-state index contributed by atoms with van der Waals surface area (Å²) in [5.74, 6) is 0.921. The van der Waals surface area contributed by atoms with Gasteiger partial charge < -0.3 is 19.7 Å². The van der Waals surface area contributed by atoms with E-state index in [-0.39, 0.29) is 36.5 Å². The van der Waals surface area contributed by atoms with Crippen molar-refractivity contribution in [1.29, 1.82) is 0 Å². The molecule has 6 nitrogen and oxygen atoms in total. The summed E-state index contributed by atoms with van der Waals surface area (Å²) in [5.41, 5.74) is 4.66. The zero-order valence-corrected chi connectivity index (χ0v) is 20.6. The van der Waals surface area contributed by atoms with Crippen LogP contribution in [0.4, 0.5) is 0 Å². The predicted molar refractivity (Wildman–Crippen MR) is 134 cm³/mol. The molecule has 2 aromatic carbocycles. The Labute approximate surface area is 208 Å². The van der Waals surface area contributed by atoms with Gasteiger partial charge in [-0.15, -0.1) is 0 Å². The van der Waals surface area contributed by atoms with Crippen molar-refractivity contribution in [2.75, 3.05) is 26.3 Å². The molecule has 0 aromatic heterocycles. The van der Waals surface area contributed by atoms with E-state index in [0.717, 1.165) is 69.2 Å². The highest BCUT2D eigenvalue weighted by molar-refractivity contribution is 5.80. The predicted octanol–water partition coefficient (Wildman–Crippen LogP) is 4.33. The summed E-state index contributed by atoms with van der Waals surface area (Å²) in [5, 5.41) is 2.91. The van der Waals surface area contributed by atoms with Gasteiger partial charge in [-0.25, -0.2) is 0 Å². The average molecular weight is 477 g/mol. The number of ether oxygens (including phenoxy) is 2. The van der Waals surface area contributed by atoms with Gasteiger partial charge in [0.1, 0.15) is 5.75 Å². The Morgan fingerprint density at radius 3 is 2.60 bits per heavy atom. The Hall–Kier alpha value is -2.86. The molecule has 2 amide bonds. The number of rotatable bonds is 7. The van der Waals surface area contributed by atoms with Crippen LogP contribution < -0.4 is 10.1 Å². The van der Waals surface area contributed by atoms with E-state index < -0.39 is 0 Å². The van der Waals surface area contributed by atoms with E-state index in [1.807, 2.05) is 12.1 Å². The van der Waals surface area contributed by atoms with Crippen molar-refractivity contribution >= 4 is 11.8 Å². The van der Waals surface area contributed by atoms with E-state index in [4.69, 9.17) is 9.47 Å². The highest BCUT2D eigenvalue weighted by Crippen LogP contribution is 2.39. The quantitative estimate of drug-likeness (QED) is 0.646. The fourth-order valence-electron chi connectivity index (χ4n) is 5.67. The molecular weight excluding hydrogens is 440 g/mol. The highest BCUT2D eigenvalue weighted by atomic mass is 16.5. The maximum absolute atomic E-state index is 13.6. The van der Waals surface area contributed by atoms with E-state index in [2.05, 4.69) is 47.5 Å². The van der Waals surface area contributed by atoms with E-state index in [0.29, 0.717) is 12.3 Å². The normalized spacial score (nSPS) is 22.1. The van der Waals surface area contributed by atoms with Gasteiger partial charge in [-0.2, -0.15) is 0 Å². The van der Waals surface area contributed by atoms with Gasteiger partial charge in [0.15, 0.2) is 6.61 Å². The van der Waals surface area contributed by atoms with Crippen LogP contribution in [0.25, 0.3) is 0 Å². The second-order valence-corrected chi connectivity index (χ2v) is 10.2. The third kappa shape index (κ3) is 5.53. The lowest BCUT2D eigenvalue weighted by Gasteiger charge is -2.39. The van der Waals surface area contributed by atoms with Gasteiger partial charge in [0.2, 0.25) is 5.91 Å². The number of aryl methyl sites for hydroxylation is 1. The van der Waals surface area contributed by atoms with Crippen molar-refractivity contribution in [1.82, 2.24) is 10.2 Å². The summed E-state index contributed by atoms with van der Waals surface area (Å²) in [6.45, 7) is 4.07. The minimum Gasteiger partial charge on any atom is -0.484 e. The van der Waals surface area contributed by atoms with Crippen molar-refractivity contribution in [2.24, 2.45) is 5.92 Å². The summed E-state index contributed by atoms with van der Waals surface area (Å²) in [6, 6.07) is 14.4. The molecule has 0 spiro atoms. The molecule has 6 heteroatoms. The molecule has 0 radical (unpaired) electrons. The van der Waals surface area contributed by atoms with E-state index in [1.165, 1.54) is 11.1 Å². The molecule has 1 saturated heterocycles. The Kier molecular flexibility index (Phi) is 7.37. The highest BCUT2D eigenvalue weighted by Gasteiger charge is 2.36. The number of carbonyl (C=O) groups is 2. The van der Waals surface area contributed by atoms with E-state index in [9.17, 15) is 9.59 Å². The van der Waals surface area contributed by atoms with Crippen molar-refractivity contribution < 1.29 is 19.1 Å². The third-order valence-electron chi connectivity index (χ3n) is 7.65. The second kappa shape index (κ2) is 10.8. The first-order valence-electron chi connectivity index (χ1n) is 13.1. The lowest BCUT2D eigenvalue weighted by atomic mass is 9.86. The molecule has 35 heavy (non-hydrogen) atoms. The number of nitrogens with zero attached hydrogens (tertiary/aromatic N) is 1. The first-order valence-corrected chi connectivity index (χ1v) is 13.1. The van der Waals surface area contributed by atoms with Gasteiger partial charge in [0.05, 0.1) is 12.1 Å². The first kappa shape index (κ1) is 23.9. The van der Waals surface area contributed by atoms with Crippen LogP contribution in [0.2, 0.25) is 0 Å². The minimum absolute atomic E-state index is 0.0363. The summed E-state index contributed by atoms with van der Waals surface area (Å²) in [7, 11) is 0. The first-order chi connectivity index (χ1) is 17.1. The molecular formula is C29H36N2O4. The minimum atomic E-state index is -0.147.